The van der Waals surface area contributed by atoms with Gasteiger partial charge in [0.1, 0.15) is 0 Å². The number of guanidine groups is 1. The largest absolute Gasteiger partial charge is 0.356 e. The Hall–Kier alpha value is -1.57. The Bertz CT molecular complexity index is 616. The molecule has 1 aromatic carbocycles. The highest BCUT2D eigenvalue weighted by Crippen LogP contribution is 2.19. The van der Waals surface area contributed by atoms with Crippen molar-refractivity contribution < 1.29 is 4.79 Å². The fourth-order valence-corrected chi connectivity index (χ4v) is 3.12. The van der Waals surface area contributed by atoms with Gasteiger partial charge in [0.05, 0.1) is 0 Å². The normalized spacial score (nSPS) is 14.0. The zero-order valence-corrected chi connectivity index (χ0v) is 18.9. The van der Waals surface area contributed by atoms with Crippen molar-refractivity contribution in [2.24, 2.45) is 4.99 Å². The number of rotatable bonds is 8. The number of hydrogen-bond donors (Lipinski definition) is 2. The molecular weight excluding hydrogens is 451 g/mol. The van der Waals surface area contributed by atoms with E-state index in [-0.39, 0.29) is 29.9 Å². The topological polar surface area (TPSA) is 56.7 Å². The van der Waals surface area contributed by atoms with Gasteiger partial charge < -0.3 is 15.5 Å². The average molecular weight is 484 g/mol. The van der Waals surface area contributed by atoms with Gasteiger partial charge in [-0.15, -0.1) is 24.0 Å². The highest BCUT2D eigenvalue weighted by molar-refractivity contribution is 14.0. The fourth-order valence-electron chi connectivity index (χ4n) is 3.12. The maximum absolute atomic E-state index is 12.3. The molecule has 6 heteroatoms. The maximum Gasteiger partial charge on any atom is 0.224 e. The number of aliphatic imine (C=N–C) groups is 1. The molecule has 0 aromatic heterocycles. The summed E-state index contributed by atoms with van der Waals surface area (Å²) in [6, 6.07) is 10.0. The van der Waals surface area contributed by atoms with Crippen LogP contribution in [0.4, 0.5) is 0 Å². The predicted octanol–water partition coefficient (Wildman–Crippen LogP) is 3.71. The van der Waals surface area contributed by atoms with E-state index in [1.54, 1.807) is 17.5 Å². The molecule has 2 rings (SSSR count). The molecule has 0 aliphatic heterocycles. The Morgan fingerprint density at radius 2 is 1.89 bits per heavy atom. The Morgan fingerprint density at radius 3 is 2.56 bits per heavy atom. The van der Waals surface area contributed by atoms with Crippen LogP contribution in [0.5, 0.6) is 0 Å². The Morgan fingerprint density at radius 1 is 1.15 bits per heavy atom. The first-order valence-corrected chi connectivity index (χ1v) is 9.59. The summed E-state index contributed by atoms with van der Waals surface area (Å²) in [5, 5.41) is 6.56. The van der Waals surface area contributed by atoms with Crippen LogP contribution in [0.25, 0.3) is 0 Å². The number of carbonyl (C=O) groups is 1. The van der Waals surface area contributed by atoms with Gasteiger partial charge in [-0.25, -0.2) is 0 Å². The molecule has 0 bridgehead atoms. The standard InChI is InChI=1S/C21H32N4O.HI/c1-22-21(23-15-13-18-9-5-3-6-10-18)24-16-14-20(26)25(2)17-19-11-7-4-8-12-19;/h4,7-9,11-12H,3,5-6,10,13-17H2,1-2H3,(H2,22,23,24);1H. The van der Waals surface area contributed by atoms with Gasteiger partial charge in [-0.1, -0.05) is 42.0 Å². The third kappa shape index (κ3) is 9.26. The summed E-state index contributed by atoms with van der Waals surface area (Å²) in [6.45, 7) is 2.11. The predicted molar refractivity (Wildman–Crippen MR) is 123 cm³/mol. The van der Waals surface area contributed by atoms with Crippen LogP contribution >= 0.6 is 24.0 Å². The Balaban J connectivity index is 0.00000364. The van der Waals surface area contributed by atoms with Crippen molar-refractivity contribution in [1.82, 2.24) is 15.5 Å². The number of amides is 1. The molecule has 0 heterocycles. The first-order chi connectivity index (χ1) is 12.7. The molecule has 0 radical (unpaired) electrons. The molecule has 5 nitrogen and oxygen atoms in total. The van der Waals surface area contributed by atoms with Crippen molar-refractivity contribution in [3.05, 3.63) is 47.5 Å². The van der Waals surface area contributed by atoms with Crippen molar-refractivity contribution in [3.8, 4) is 0 Å². The fraction of sp³-hybridized carbons (Fsp3) is 0.524. The second-order valence-corrected chi connectivity index (χ2v) is 6.77. The van der Waals surface area contributed by atoms with Crippen molar-refractivity contribution in [2.75, 3.05) is 27.2 Å². The highest BCUT2D eigenvalue weighted by Gasteiger charge is 2.09. The van der Waals surface area contributed by atoms with Crippen molar-refractivity contribution in [2.45, 2.75) is 45.1 Å². The summed E-state index contributed by atoms with van der Waals surface area (Å²) in [4.78, 5) is 18.3. The summed E-state index contributed by atoms with van der Waals surface area (Å²) in [6.07, 6.45) is 9.00. The lowest BCUT2D eigenvalue weighted by Crippen LogP contribution is -2.40. The van der Waals surface area contributed by atoms with Gasteiger partial charge in [-0.05, 0) is 37.7 Å². The first-order valence-electron chi connectivity index (χ1n) is 9.59. The number of hydrogen-bond acceptors (Lipinski definition) is 2. The molecule has 1 aliphatic rings. The van der Waals surface area contributed by atoms with Gasteiger partial charge in [0.25, 0.3) is 0 Å². The molecular formula is C21H33IN4O. The van der Waals surface area contributed by atoms with E-state index in [1.165, 1.54) is 25.7 Å². The summed E-state index contributed by atoms with van der Waals surface area (Å²) in [5.74, 6) is 0.893. The third-order valence-corrected chi connectivity index (χ3v) is 4.67. The number of nitrogens with one attached hydrogen (secondary N) is 2. The van der Waals surface area contributed by atoms with E-state index in [9.17, 15) is 4.79 Å². The van der Waals surface area contributed by atoms with Crippen molar-refractivity contribution >= 4 is 35.8 Å². The van der Waals surface area contributed by atoms with Gasteiger partial charge in [0.15, 0.2) is 5.96 Å². The number of carbonyl (C=O) groups excluding carboxylic acids is 1. The minimum Gasteiger partial charge on any atom is -0.356 e. The number of allylic oxidation sites excluding steroid dienone is 1. The lowest BCUT2D eigenvalue weighted by atomic mass is 9.97. The van der Waals surface area contributed by atoms with Gasteiger partial charge in [0, 0.05) is 40.2 Å². The quantitative estimate of drug-likeness (QED) is 0.256. The van der Waals surface area contributed by atoms with Gasteiger partial charge in [-0.3, -0.25) is 9.79 Å². The molecule has 150 valence electrons. The monoisotopic (exact) mass is 484 g/mol. The molecule has 0 atom stereocenters. The molecule has 2 N–H and O–H groups in total. The molecule has 0 unspecified atom stereocenters. The Kier molecular flexibility index (Phi) is 11.8. The SMILES string of the molecule is CN=C(NCCC(=O)N(C)Cc1ccccc1)NCCC1=CCCCC1.I. The number of nitrogens with zero attached hydrogens (tertiary/aromatic N) is 2. The average Bonchev–Trinajstić information content (AvgIpc) is 2.68. The van der Waals surface area contributed by atoms with E-state index in [2.05, 4.69) is 21.7 Å². The van der Waals surface area contributed by atoms with Gasteiger partial charge in [0.2, 0.25) is 5.91 Å². The summed E-state index contributed by atoms with van der Waals surface area (Å²) < 4.78 is 0. The van der Waals surface area contributed by atoms with Crippen LogP contribution in [0, 0.1) is 0 Å². The zero-order valence-electron chi connectivity index (χ0n) is 16.5. The van der Waals surface area contributed by atoms with Crippen LogP contribution in [0.2, 0.25) is 0 Å². The van der Waals surface area contributed by atoms with Crippen LogP contribution in [-0.4, -0.2) is 44.0 Å². The third-order valence-electron chi connectivity index (χ3n) is 4.67. The summed E-state index contributed by atoms with van der Waals surface area (Å²) >= 11 is 0. The minimum absolute atomic E-state index is 0. The summed E-state index contributed by atoms with van der Waals surface area (Å²) in [7, 11) is 3.61. The lowest BCUT2D eigenvalue weighted by Gasteiger charge is -2.18. The van der Waals surface area contributed by atoms with E-state index < -0.39 is 0 Å². The molecule has 0 saturated heterocycles. The van der Waals surface area contributed by atoms with Crippen LogP contribution < -0.4 is 10.6 Å². The van der Waals surface area contributed by atoms with E-state index in [0.29, 0.717) is 19.5 Å². The highest BCUT2D eigenvalue weighted by atomic mass is 127. The molecule has 0 fully saturated rings. The Labute approximate surface area is 180 Å². The van der Waals surface area contributed by atoms with Crippen LogP contribution in [0.3, 0.4) is 0 Å². The van der Waals surface area contributed by atoms with E-state index in [1.807, 2.05) is 37.4 Å². The zero-order chi connectivity index (χ0) is 18.6. The van der Waals surface area contributed by atoms with Crippen LogP contribution in [0.1, 0.15) is 44.1 Å². The van der Waals surface area contributed by atoms with Crippen LogP contribution in [-0.2, 0) is 11.3 Å². The number of halogens is 1. The minimum atomic E-state index is 0. The molecule has 0 spiro atoms. The van der Waals surface area contributed by atoms with E-state index in [0.717, 1.165) is 24.5 Å². The van der Waals surface area contributed by atoms with Gasteiger partial charge in [-0.2, -0.15) is 0 Å². The molecule has 1 aromatic rings. The molecule has 1 aliphatic carbocycles. The molecule has 0 saturated carbocycles. The van der Waals surface area contributed by atoms with E-state index >= 15 is 0 Å². The second-order valence-electron chi connectivity index (χ2n) is 6.77. The first kappa shape index (κ1) is 23.5. The van der Waals surface area contributed by atoms with Gasteiger partial charge >= 0.3 is 0 Å². The lowest BCUT2D eigenvalue weighted by molar-refractivity contribution is -0.130. The molecule has 1 amide bonds. The smallest absolute Gasteiger partial charge is 0.224 e. The van der Waals surface area contributed by atoms with Crippen LogP contribution in [0.15, 0.2) is 47.0 Å². The van der Waals surface area contributed by atoms with E-state index in [4.69, 9.17) is 0 Å². The number of benzene rings is 1. The molecule has 27 heavy (non-hydrogen) atoms. The maximum atomic E-state index is 12.3. The summed E-state index contributed by atoms with van der Waals surface area (Å²) in [5.41, 5.74) is 2.70. The van der Waals surface area contributed by atoms with Crippen molar-refractivity contribution in [3.63, 3.8) is 0 Å². The van der Waals surface area contributed by atoms with Crippen molar-refractivity contribution in [1.29, 1.82) is 0 Å². The second kappa shape index (κ2) is 13.6.